The van der Waals surface area contributed by atoms with E-state index in [2.05, 4.69) is 9.97 Å². The van der Waals surface area contributed by atoms with E-state index in [4.69, 9.17) is 15.0 Å². The Morgan fingerprint density at radius 3 is 2.69 bits per heavy atom. The van der Waals surface area contributed by atoms with Crippen molar-refractivity contribution < 1.29 is 4.74 Å². The number of nitrogens with zero attached hydrogens (tertiary/aromatic N) is 5. The summed E-state index contributed by atoms with van der Waals surface area (Å²) in [6, 6.07) is 15.4. The molecule has 1 aromatic carbocycles. The largest absolute Gasteiger partial charge is 0.479 e. The predicted octanol–water partition coefficient (Wildman–Crippen LogP) is 3.67. The Bertz CT molecular complexity index is 1110. The SMILES string of the molecule is Cc1cc(-c2nc3ncccn3c2-c2ccc(OCC#N)cc2)ccn1. The van der Waals surface area contributed by atoms with Gasteiger partial charge >= 0.3 is 0 Å². The van der Waals surface area contributed by atoms with Gasteiger partial charge < -0.3 is 4.74 Å². The summed E-state index contributed by atoms with van der Waals surface area (Å²) in [5, 5.41) is 8.64. The third-order valence-electron chi connectivity index (χ3n) is 4.00. The molecule has 3 heterocycles. The monoisotopic (exact) mass is 341 g/mol. The minimum absolute atomic E-state index is 0.0282. The second kappa shape index (κ2) is 6.65. The van der Waals surface area contributed by atoms with E-state index in [1.165, 1.54) is 0 Å². The molecule has 0 bridgehead atoms. The molecule has 4 aromatic rings. The number of fused-ring (bicyclic) bond motifs is 1. The second-order valence-corrected chi connectivity index (χ2v) is 5.76. The van der Waals surface area contributed by atoms with Crippen LogP contribution >= 0.6 is 0 Å². The summed E-state index contributed by atoms with van der Waals surface area (Å²) in [6.07, 6.45) is 5.46. The van der Waals surface area contributed by atoms with Crippen molar-refractivity contribution in [2.75, 3.05) is 6.61 Å². The highest BCUT2D eigenvalue weighted by Crippen LogP contribution is 2.33. The van der Waals surface area contributed by atoms with Gasteiger partial charge in [0.15, 0.2) is 6.61 Å². The highest BCUT2D eigenvalue weighted by molar-refractivity contribution is 5.81. The molecule has 0 atom stereocenters. The Kier molecular flexibility index (Phi) is 4.04. The van der Waals surface area contributed by atoms with Crippen molar-refractivity contribution in [1.29, 1.82) is 5.26 Å². The van der Waals surface area contributed by atoms with Crippen LogP contribution in [-0.4, -0.2) is 26.0 Å². The zero-order valence-electron chi connectivity index (χ0n) is 14.1. The Labute approximate surface area is 150 Å². The Balaban J connectivity index is 1.88. The van der Waals surface area contributed by atoms with E-state index >= 15 is 0 Å². The molecule has 0 spiro atoms. The number of pyridine rings is 1. The first-order chi connectivity index (χ1) is 12.8. The van der Waals surface area contributed by atoms with Crippen LogP contribution in [0.2, 0.25) is 0 Å². The van der Waals surface area contributed by atoms with Gasteiger partial charge in [-0.3, -0.25) is 9.38 Å². The molecule has 0 radical (unpaired) electrons. The lowest BCUT2D eigenvalue weighted by Gasteiger charge is -2.07. The van der Waals surface area contributed by atoms with Crippen LogP contribution in [0.4, 0.5) is 0 Å². The molecule has 6 nitrogen and oxygen atoms in total. The lowest BCUT2D eigenvalue weighted by atomic mass is 10.0. The first kappa shape index (κ1) is 15.8. The van der Waals surface area contributed by atoms with Crippen LogP contribution < -0.4 is 4.74 Å². The molecule has 3 aromatic heterocycles. The number of hydrogen-bond acceptors (Lipinski definition) is 5. The predicted molar refractivity (Wildman–Crippen MR) is 97.5 cm³/mol. The van der Waals surface area contributed by atoms with Gasteiger partial charge in [-0.25, -0.2) is 9.97 Å². The maximum atomic E-state index is 8.64. The fourth-order valence-corrected chi connectivity index (χ4v) is 2.88. The van der Waals surface area contributed by atoms with Crippen molar-refractivity contribution in [2.45, 2.75) is 6.92 Å². The number of nitriles is 1. The first-order valence-corrected chi connectivity index (χ1v) is 8.12. The van der Waals surface area contributed by atoms with Crippen LogP contribution in [-0.2, 0) is 0 Å². The van der Waals surface area contributed by atoms with Gasteiger partial charge in [-0.1, -0.05) is 0 Å². The van der Waals surface area contributed by atoms with Crippen molar-refractivity contribution in [3.8, 4) is 34.3 Å². The van der Waals surface area contributed by atoms with Crippen LogP contribution in [0, 0.1) is 18.3 Å². The lowest BCUT2D eigenvalue weighted by molar-refractivity contribution is 0.368. The van der Waals surface area contributed by atoms with E-state index in [-0.39, 0.29) is 6.61 Å². The quantitative estimate of drug-likeness (QED) is 0.566. The molecule has 0 aliphatic carbocycles. The Morgan fingerprint density at radius 2 is 1.92 bits per heavy atom. The maximum absolute atomic E-state index is 8.64. The van der Waals surface area contributed by atoms with Crippen LogP contribution in [0.1, 0.15) is 5.69 Å². The van der Waals surface area contributed by atoms with Gasteiger partial charge in [0.1, 0.15) is 11.8 Å². The van der Waals surface area contributed by atoms with E-state index in [0.717, 1.165) is 28.2 Å². The van der Waals surface area contributed by atoms with Crippen molar-refractivity contribution in [2.24, 2.45) is 0 Å². The van der Waals surface area contributed by atoms with Gasteiger partial charge in [0, 0.05) is 35.4 Å². The number of hydrogen-bond donors (Lipinski definition) is 0. The molecule has 6 heteroatoms. The molecule has 0 N–H and O–H groups in total. The molecular formula is C20H15N5O. The molecule has 0 aliphatic rings. The standard InChI is InChI=1S/C20H15N5O/c1-14-13-16(7-10-22-14)18-19(25-11-2-9-23-20(25)24-18)15-3-5-17(6-4-15)26-12-8-21/h2-7,9-11,13H,12H2,1H3. The molecule has 0 saturated heterocycles. The zero-order valence-corrected chi connectivity index (χ0v) is 14.1. The van der Waals surface area contributed by atoms with Crippen LogP contribution in [0.3, 0.4) is 0 Å². The van der Waals surface area contributed by atoms with Crippen LogP contribution in [0.25, 0.3) is 28.3 Å². The summed E-state index contributed by atoms with van der Waals surface area (Å²) >= 11 is 0. The van der Waals surface area contributed by atoms with E-state index < -0.39 is 0 Å². The van der Waals surface area contributed by atoms with Gasteiger partial charge in [-0.05, 0) is 49.4 Å². The highest BCUT2D eigenvalue weighted by Gasteiger charge is 2.16. The van der Waals surface area contributed by atoms with Gasteiger partial charge in [0.2, 0.25) is 5.78 Å². The minimum atomic E-state index is 0.0282. The fourth-order valence-electron chi connectivity index (χ4n) is 2.88. The number of aromatic nitrogens is 4. The van der Waals surface area contributed by atoms with Crippen molar-refractivity contribution in [1.82, 2.24) is 19.4 Å². The molecule has 0 aliphatic heterocycles. The van der Waals surface area contributed by atoms with Crippen molar-refractivity contribution >= 4 is 5.78 Å². The van der Waals surface area contributed by atoms with Crippen molar-refractivity contribution in [3.05, 3.63) is 66.7 Å². The molecule has 0 amide bonds. The van der Waals surface area contributed by atoms with Crippen LogP contribution in [0.5, 0.6) is 5.75 Å². The fraction of sp³-hybridized carbons (Fsp3) is 0.100. The first-order valence-electron chi connectivity index (χ1n) is 8.12. The zero-order chi connectivity index (χ0) is 17.9. The maximum Gasteiger partial charge on any atom is 0.234 e. The smallest absolute Gasteiger partial charge is 0.234 e. The van der Waals surface area contributed by atoms with E-state index in [9.17, 15) is 0 Å². The van der Waals surface area contributed by atoms with Crippen molar-refractivity contribution in [3.63, 3.8) is 0 Å². The summed E-state index contributed by atoms with van der Waals surface area (Å²) < 4.78 is 7.31. The number of ether oxygens (including phenoxy) is 1. The number of rotatable bonds is 4. The molecule has 4 rings (SSSR count). The Hall–Kier alpha value is -3.72. The van der Waals surface area contributed by atoms with Gasteiger partial charge in [-0.2, -0.15) is 5.26 Å². The second-order valence-electron chi connectivity index (χ2n) is 5.76. The third-order valence-corrected chi connectivity index (χ3v) is 4.00. The van der Waals surface area contributed by atoms with Crippen LogP contribution in [0.15, 0.2) is 61.1 Å². The summed E-state index contributed by atoms with van der Waals surface area (Å²) in [5.74, 6) is 1.29. The topological polar surface area (TPSA) is 76.1 Å². The summed E-state index contributed by atoms with van der Waals surface area (Å²) in [7, 11) is 0. The van der Waals surface area contributed by atoms with E-state index in [1.807, 2.05) is 66.1 Å². The number of aryl methyl sites for hydroxylation is 1. The number of imidazole rings is 1. The average molecular weight is 341 g/mol. The minimum Gasteiger partial charge on any atom is -0.479 e. The molecule has 0 unspecified atom stereocenters. The molecule has 26 heavy (non-hydrogen) atoms. The molecular weight excluding hydrogens is 326 g/mol. The highest BCUT2D eigenvalue weighted by atomic mass is 16.5. The van der Waals surface area contributed by atoms with Gasteiger partial charge in [-0.15, -0.1) is 0 Å². The van der Waals surface area contributed by atoms with E-state index in [1.54, 1.807) is 12.4 Å². The molecule has 126 valence electrons. The lowest BCUT2D eigenvalue weighted by Crippen LogP contribution is -1.94. The average Bonchev–Trinajstić information content (AvgIpc) is 3.06. The normalized spacial score (nSPS) is 10.6. The number of benzene rings is 1. The third kappa shape index (κ3) is 2.87. The Morgan fingerprint density at radius 1 is 1.08 bits per heavy atom. The van der Waals surface area contributed by atoms with E-state index in [0.29, 0.717) is 11.5 Å². The summed E-state index contributed by atoms with van der Waals surface area (Å²) in [5.41, 5.74) is 4.70. The molecule has 0 saturated carbocycles. The van der Waals surface area contributed by atoms with Gasteiger partial charge in [0.05, 0.1) is 11.4 Å². The summed E-state index contributed by atoms with van der Waals surface area (Å²) in [6.45, 7) is 1.99. The summed E-state index contributed by atoms with van der Waals surface area (Å²) in [4.78, 5) is 13.4. The van der Waals surface area contributed by atoms with Gasteiger partial charge in [0.25, 0.3) is 0 Å². The molecule has 0 fully saturated rings.